The van der Waals surface area contributed by atoms with Gasteiger partial charge in [0.05, 0.1) is 31.4 Å². The Bertz CT molecular complexity index is 955. The highest BCUT2D eigenvalue weighted by molar-refractivity contribution is 7.92. The number of sulfonamides is 1. The van der Waals surface area contributed by atoms with E-state index in [4.69, 9.17) is 9.47 Å². The third kappa shape index (κ3) is 5.95. The van der Waals surface area contributed by atoms with Gasteiger partial charge in [-0.25, -0.2) is 13.8 Å². The van der Waals surface area contributed by atoms with E-state index in [1.807, 2.05) is 12.1 Å². The standard InChI is InChI=1S/C20H25N3O5S/c1-5-29(25,26)23(17-8-12-19(28-4)13-9-17)14-20(24)22-21-15(2)16-6-10-18(27-3)11-7-16/h6-13H,5,14H2,1-4H3,(H,22,24)/b21-15-. The number of hydrazone groups is 1. The van der Waals surface area contributed by atoms with Crippen molar-refractivity contribution in [1.82, 2.24) is 5.43 Å². The van der Waals surface area contributed by atoms with Gasteiger partial charge in [0, 0.05) is 0 Å². The summed E-state index contributed by atoms with van der Waals surface area (Å²) in [7, 11) is -0.559. The zero-order valence-electron chi connectivity index (χ0n) is 16.9. The molecule has 156 valence electrons. The largest absolute Gasteiger partial charge is 0.497 e. The van der Waals surface area contributed by atoms with Crippen LogP contribution < -0.4 is 19.2 Å². The minimum absolute atomic E-state index is 0.138. The maximum Gasteiger partial charge on any atom is 0.260 e. The van der Waals surface area contributed by atoms with Crippen molar-refractivity contribution in [2.75, 3.05) is 30.8 Å². The zero-order chi connectivity index (χ0) is 21.4. The van der Waals surface area contributed by atoms with E-state index >= 15 is 0 Å². The molecule has 2 rings (SSSR count). The van der Waals surface area contributed by atoms with Crippen molar-refractivity contribution < 1.29 is 22.7 Å². The average molecular weight is 420 g/mol. The highest BCUT2D eigenvalue weighted by atomic mass is 32.2. The van der Waals surface area contributed by atoms with Crippen molar-refractivity contribution in [3.63, 3.8) is 0 Å². The molecule has 0 aliphatic heterocycles. The van der Waals surface area contributed by atoms with Gasteiger partial charge >= 0.3 is 0 Å². The van der Waals surface area contributed by atoms with Crippen molar-refractivity contribution in [3.8, 4) is 11.5 Å². The molecule has 2 aromatic carbocycles. The minimum Gasteiger partial charge on any atom is -0.497 e. The maximum atomic E-state index is 12.5. The average Bonchev–Trinajstić information content (AvgIpc) is 2.75. The zero-order valence-corrected chi connectivity index (χ0v) is 17.7. The van der Waals surface area contributed by atoms with E-state index in [1.165, 1.54) is 14.0 Å². The quantitative estimate of drug-likeness (QED) is 0.497. The van der Waals surface area contributed by atoms with Gasteiger partial charge in [-0.15, -0.1) is 0 Å². The molecule has 0 aliphatic carbocycles. The van der Waals surface area contributed by atoms with Crippen molar-refractivity contribution in [1.29, 1.82) is 0 Å². The van der Waals surface area contributed by atoms with Crippen molar-refractivity contribution in [3.05, 3.63) is 54.1 Å². The number of nitrogens with one attached hydrogen (secondary N) is 1. The number of nitrogens with zero attached hydrogens (tertiary/aromatic N) is 2. The highest BCUT2D eigenvalue weighted by Crippen LogP contribution is 2.22. The number of rotatable bonds is 9. The molecule has 9 heteroatoms. The number of anilines is 1. The van der Waals surface area contributed by atoms with Crippen LogP contribution in [-0.2, 0) is 14.8 Å². The third-order valence-electron chi connectivity index (χ3n) is 4.20. The molecular weight excluding hydrogens is 394 g/mol. The van der Waals surface area contributed by atoms with Gasteiger partial charge < -0.3 is 9.47 Å². The van der Waals surface area contributed by atoms with Gasteiger partial charge in [-0.3, -0.25) is 9.10 Å². The van der Waals surface area contributed by atoms with Crippen molar-refractivity contribution >= 4 is 27.3 Å². The first-order valence-electron chi connectivity index (χ1n) is 8.92. The van der Waals surface area contributed by atoms with Gasteiger partial charge in [-0.05, 0) is 67.9 Å². The first kappa shape index (κ1) is 22.2. The van der Waals surface area contributed by atoms with Crippen LogP contribution in [0.5, 0.6) is 11.5 Å². The number of carbonyl (C=O) groups is 1. The summed E-state index contributed by atoms with van der Waals surface area (Å²) in [6.45, 7) is 2.88. The molecule has 29 heavy (non-hydrogen) atoms. The Labute approximate surface area is 171 Å². The first-order chi connectivity index (χ1) is 13.8. The second-order valence-corrected chi connectivity index (χ2v) is 8.25. The van der Waals surface area contributed by atoms with Gasteiger partial charge in [0.25, 0.3) is 5.91 Å². The molecule has 2 aromatic rings. The third-order valence-corrected chi connectivity index (χ3v) is 5.95. The summed E-state index contributed by atoms with van der Waals surface area (Å²) in [6, 6.07) is 13.7. The smallest absolute Gasteiger partial charge is 0.260 e. The minimum atomic E-state index is -3.66. The Morgan fingerprint density at radius 1 is 1.00 bits per heavy atom. The summed E-state index contributed by atoms with van der Waals surface area (Å²) in [6.07, 6.45) is 0. The summed E-state index contributed by atoms with van der Waals surface area (Å²) >= 11 is 0. The van der Waals surface area contributed by atoms with Crippen LogP contribution in [0.4, 0.5) is 5.69 Å². The Hall–Kier alpha value is -3.07. The normalized spacial score (nSPS) is 11.7. The predicted octanol–water partition coefficient (Wildman–Crippen LogP) is 2.40. The van der Waals surface area contributed by atoms with Gasteiger partial charge in [-0.1, -0.05) is 0 Å². The summed E-state index contributed by atoms with van der Waals surface area (Å²) in [5.74, 6) is 0.614. The SMILES string of the molecule is CCS(=O)(=O)N(CC(=O)N/N=C(/C)c1ccc(OC)cc1)c1ccc(OC)cc1. The number of amides is 1. The summed E-state index contributed by atoms with van der Waals surface area (Å²) < 4.78 is 36.2. The summed E-state index contributed by atoms with van der Waals surface area (Å²) in [4.78, 5) is 12.4. The lowest BCUT2D eigenvalue weighted by Crippen LogP contribution is -2.40. The first-order valence-corrected chi connectivity index (χ1v) is 10.5. The number of carbonyl (C=O) groups excluding carboxylic acids is 1. The Kier molecular flexibility index (Phi) is 7.60. The van der Waals surface area contributed by atoms with E-state index in [9.17, 15) is 13.2 Å². The van der Waals surface area contributed by atoms with Crippen LogP contribution in [0.25, 0.3) is 0 Å². The molecule has 0 radical (unpaired) electrons. The Morgan fingerprint density at radius 3 is 2.00 bits per heavy atom. The molecule has 0 bridgehead atoms. The summed E-state index contributed by atoms with van der Waals surface area (Å²) in [5.41, 5.74) is 4.17. The van der Waals surface area contributed by atoms with Gasteiger partial charge in [-0.2, -0.15) is 5.10 Å². The van der Waals surface area contributed by atoms with E-state index in [0.29, 0.717) is 22.9 Å². The number of hydrogen-bond acceptors (Lipinski definition) is 6. The lowest BCUT2D eigenvalue weighted by atomic mass is 10.1. The maximum absolute atomic E-state index is 12.5. The molecule has 1 N–H and O–H groups in total. The van der Waals surface area contributed by atoms with Crippen LogP contribution in [-0.4, -0.2) is 46.6 Å². The van der Waals surface area contributed by atoms with Crippen LogP contribution in [0, 0.1) is 0 Å². The van der Waals surface area contributed by atoms with Crippen LogP contribution in [0.3, 0.4) is 0 Å². The van der Waals surface area contributed by atoms with E-state index < -0.39 is 15.9 Å². The van der Waals surface area contributed by atoms with E-state index in [-0.39, 0.29) is 12.3 Å². The second kappa shape index (κ2) is 9.92. The van der Waals surface area contributed by atoms with E-state index in [2.05, 4.69) is 10.5 Å². The fourth-order valence-corrected chi connectivity index (χ4v) is 3.53. The molecule has 0 saturated heterocycles. The molecule has 0 atom stereocenters. The fraction of sp³-hybridized carbons (Fsp3) is 0.300. The number of ether oxygens (including phenoxy) is 2. The van der Waals surface area contributed by atoms with Gasteiger partial charge in [0.1, 0.15) is 18.0 Å². The molecule has 0 spiro atoms. The van der Waals surface area contributed by atoms with Crippen LogP contribution in [0.2, 0.25) is 0 Å². The van der Waals surface area contributed by atoms with E-state index in [0.717, 1.165) is 9.87 Å². The molecule has 0 unspecified atom stereocenters. The van der Waals surface area contributed by atoms with Gasteiger partial charge in [0.2, 0.25) is 10.0 Å². The topological polar surface area (TPSA) is 97.3 Å². The van der Waals surface area contributed by atoms with Crippen molar-refractivity contribution in [2.24, 2.45) is 5.10 Å². The lowest BCUT2D eigenvalue weighted by Gasteiger charge is -2.23. The Morgan fingerprint density at radius 2 is 1.52 bits per heavy atom. The number of methoxy groups -OCH3 is 2. The molecule has 0 fully saturated rings. The number of hydrogen-bond donors (Lipinski definition) is 1. The van der Waals surface area contributed by atoms with E-state index in [1.54, 1.807) is 50.4 Å². The fourth-order valence-electron chi connectivity index (χ4n) is 2.46. The lowest BCUT2D eigenvalue weighted by molar-refractivity contribution is -0.119. The molecule has 0 heterocycles. The molecule has 0 saturated carbocycles. The second-order valence-electron chi connectivity index (χ2n) is 6.07. The highest BCUT2D eigenvalue weighted by Gasteiger charge is 2.23. The molecular formula is C20H25N3O5S. The molecule has 0 aromatic heterocycles. The Balaban J connectivity index is 2.14. The molecule has 1 amide bonds. The van der Waals surface area contributed by atoms with Crippen LogP contribution in [0.15, 0.2) is 53.6 Å². The van der Waals surface area contributed by atoms with Crippen LogP contribution >= 0.6 is 0 Å². The monoisotopic (exact) mass is 419 g/mol. The van der Waals surface area contributed by atoms with Crippen molar-refractivity contribution in [2.45, 2.75) is 13.8 Å². The van der Waals surface area contributed by atoms with Gasteiger partial charge in [0.15, 0.2) is 0 Å². The number of benzene rings is 2. The molecule has 8 nitrogen and oxygen atoms in total. The predicted molar refractivity (Wildman–Crippen MR) is 113 cm³/mol. The molecule has 0 aliphatic rings. The van der Waals surface area contributed by atoms with Crippen LogP contribution in [0.1, 0.15) is 19.4 Å². The summed E-state index contributed by atoms with van der Waals surface area (Å²) in [5, 5.41) is 4.07.